The number of aryl methyl sites for hydroxylation is 1. The van der Waals surface area contributed by atoms with Crippen molar-refractivity contribution in [3.8, 4) is 0 Å². The van der Waals surface area contributed by atoms with E-state index >= 15 is 0 Å². The topological polar surface area (TPSA) is 58.3 Å². The summed E-state index contributed by atoms with van der Waals surface area (Å²) in [5.74, 6) is 2.52. The molecular weight excluding hydrogens is 367 g/mol. The number of hydrogen-bond acceptors (Lipinski definition) is 3. The Labute approximate surface area is 139 Å². The van der Waals surface area contributed by atoms with Gasteiger partial charge in [0.15, 0.2) is 5.96 Å². The van der Waals surface area contributed by atoms with E-state index in [1.807, 2.05) is 21.1 Å². The van der Waals surface area contributed by atoms with Crippen LogP contribution in [-0.2, 0) is 13.6 Å². The van der Waals surface area contributed by atoms with Gasteiger partial charge in [-0.2, -0.15) is 5.10 Å². The number of aliphatic imine (C=N–C) groups is 1. The summed E-state index contributed by atoms with van der Waals surface area (Å²) >= 11 is 0. The van der Waals surface area contributed by atoms with Crippen LogP contribution in [0.5, 0.6) is 0 Å². The molecule has 0 aliphatic carbocycles. The zero-order valence-corrected chi connectivity index (χ0v) is 15.5. The molecule has 1 rings (SSSR count). The molecule has 0 spiro atoms. The molecule has 0 bridgehead atoms. The van der Waals surface area contributed by atoms with Crippen LogP contribution in [-0.4, -0.2) is 46.3 Å². The zero-order chi connectivity index (χ0) is 14.3. The normalized spacial score (nSPS) is 11.4. The molecule has 0 aliphatic heterocycles. The highest BCUT2D eigenvalue weighted by Gasteiger charge is 2.11. The lowest BCUT2D eigenvalue weighted by molar-refractivity contribution is 0.426. The van der Waals surface area contributed by atoms with Gasteiger partial charge >= 0.3 is 0 Å². The van der Waals surface area contributed by atoms with Crippen molar-refractivity contribution in [3.05, 3.63) is 12.2 Å². The summed E-state index contributed by atoms with van der Waals surface area (Å²) in [7, 11) is 5.72. The van der Waals surface area contributed by atoms with Crippen LogP contribution < -0.4 is 5.32 Å². The van der Waals surface area contributed by atoms with Crippen molar-refractivity contribution in [2.45, 2.75) is 33.2 Å². The van der Waals surface area contributed by atoms with Crippen LogP contribution in [0.2, 0.25) is 0 Å². The van der Waals surface area contributed by atoms with Crippen molar-refractivity contribution in [1.29, 1.82) is 0 Å². The van der Waals surface area contributed by atoms with Crippen LogP contribution in [0.15, 0.2) is 11.3 Å². The van der Waals surface area contributed by atoms with Crippen molar-refractivity contribution < 1.29 is 0 Å². The van der Waals surface area contributed by atoms with E-state index in [0.29, 0.717) is 12.5 Å². The molecule has 0 unspecified atom stereocenters. The second-order valence-electron chi connectivity index (χ2n) is 4.77. The maximum absolute atomic E-state index is 4.31. The van der Waals surface area contributed by atoms with Crippen molar-refractivity contribution in [3.63, 3.8) is 0 Å². The second kappa shape index (κ2) is 9.95. The Morgan fingerprint density at radius 1 is 1.45 bits per heavy atom. The Bertz CT molecular complexity index is 399. The lowest BCUT2D eigenvalue weighted by Crippen LogP contribution is -2.41. The fourth-order valence-corrected chi connectivity index (χ4v) is 1.95. The van der Waals surface area contributed by atoms with Crippen LogP contribution in [0, 0.1) is 5.92 Å². The molecule has 1 heterocycles. The lowest BCUT2D eigenvalue weighted by atomic mass is 10.0. The van der Waals surface area contributed by atoms with E-state index in [1.54, 1.807) is 11.0 Å². The molecule has 1 aromatic heterocycles. The molecular formula is C13H27IN6. The van der Waals surface area contributed by atoms with Gasteiger partial charge in [-0.05, 0) is 5.92 Å². The SMILES string of the molecule is CCC(CC)CNC(=NC)N(C)Cc1ncnn1C.I. The fourth-order valence-electron chi connectivity index (χ4n) is 1.95. The Morgan fingerprint density at radius 3 is 2.55 bits per heavy atom. The zero-order valence-electron chi connectivity index (χ0n) is 13.1. The molecule has 0 aromatic carbocycles. The van der Waals surface area contributed by atoms with Gasteiger partial charge < -0.3 is 10.2 Å². The van der Waals surface area contributed by atoms with Gasteiger partial charge in [0.2, 0.25) is 0 Å². The average molecular weight is 394 g/mol. The van der Waals surface area contributed by atoms with E-state index in [2.05, 4.69) is 39.1 Å². The number of halogens is 1. The lowest BCUT2D eigenvalue weighted by Gasteiger charge is -2.23. The molecule has 0 aliphatic rings. The van der Waals surface area contributed by atoms with Gasteiger partial charge in [-0.1, -0.05) is 26.7 Å². The second-order valence-corrected chi connectivity index (χ2v) is 4.77. The van der Waals surface area contributed by atoms with Crippen LogP contribution in [0.25, 0.3) is 0 Å². The molecule has 20 heavy (non-hydrogen) atoms. The van der Waals surface area contributed by atoms with Gasteiger partial charge in [0.05, 0.1) is 6.54 Å². The van der Waals surface area contributed by atoms with Crippen molar-refractivity contribution >= 4 is 29.9 Å². The third-order valence-corrected chi connectivity index (χ3v) is 3.46. The number of nitrogens with one attached hydrogen (secondary N) is 1. The first-order valence-electron chi connectivity index (χ1n) is 6.86. The van der Waals surface area contributed by atoms with E-state index < -0.39 is 0 Å². The fraction of sp³-hybridized carbons (Fsp3) is 0.769. The largest absolute Gasteiger partial charge is 0.356 e. The first-order valence-corrected chi connectivity index (χ1v) is 6.86. The number of guanidine groups is 1. The van der Waals surface area contributed by atoms with Crippen molar-refractivity contribution in [1.82, 2.24) is 25.0 Å². The molecule has 1 aromatic rings. The molecule has 0 saturated carbocycles. The quantitative estimate of drug-likeness (QED) is 0.455. The number of rotatable bonds is 6. The van der Waals surface area contributed by atoms with Crippen molar-refractivity contribution in [2.75, 3.05) is 20.6 Å². The van der Waals surface area contributed by atoms with Gasteiger partial charge in [-0.3, -0.25) is 9.67 Å². The molecule has 0 amide bonds. The summed E-state index contributed by atoms with van der Waals surface area (Å²) in [6.07, 6.45) is 3.95. The van der Waals surface area contributed by atoms with Gasteiger partial charge in [0, 0.05) is 27.7 Å². The summed E-state index contributed by atoms with van der Waals surface area (Å²) < 4.78 is 1.78. The minimum Gasteiger partial charge on any atom is -0.356 e. The first-order chi connectivity index (χ1) is 9.12. The molecule has 116 valence electrons. The molecule has 1 N–H and O–H groups in total. The highest BCUT2D eigenvalue weighted by molar-refractivity contribution is 14.0. The van der Waals surface area contributed by atoms with E-state index in [0.717, 1.165) is 18.3 Å². The summed E-state index contributed by atoms with van der Waals surface area (Å²) in [4.78, 5) is 10.6. The van der Waals surface area contributed by atoms with E-state index in [4.69, 9.17) is 0 Å². The van der Waals surface area contributed by atoms with Crippen LogP contribution >= 0.6 is 24.0 Å². The Morgan fingerprint density at radius 2 is 2.10 bits per heavy atom. The van der Waals surface area contributed by atoms with Gasteiger partial charge in [0.1, 0.15) is 12.2 Å². The highest BCUT2D eigenvalue weighted by Crippen LogP contribution is 2.05. The summed E-state index contributed by atoms with van der Waals surface area (Å²) in [5, 5.41) is 7.50. The Balaban J connectivity index is 0.00000361. The predicted molar refractivity (Wildman–Crippen MR) is 93.3 cm³/mol. The Hall–Kier alpha value is -0.860. The predicted octanol–water partition coefficient (Wildman–Crippen LogP) is 1.88. The summed E-state index contributed by atoms with van der Waals surface area (Å²) in [5.41, 5.74) is 0. The van der Waals surface area contributed by atoms with Gasteiger partial charge in [-0.15, -0.1) is 24.0 Å². The minimum atomic E-state index is 0. The van der Waals surface area contributed by atoms with Crippen LogP contribution in [0.4, 0.5) is 0 Å². The molecule has 7 heteroatoms. The molecule has 6 nitrogen and oxygen atoms in total. The standard InChI is InChI=1S/C13H26N6.HI/c1-6-11(7-2)8-15-13(14-3)18(4)9-12-16-10-17-19(12)5;/h10-11H,6-9H2,1-5H3,(H,14,15);1H. The van der Waals surface area contributed by atoms with Gasteiger partial charge in [-0.25, -0.2) is 4.98 Å². The third kappa shape index (κ3) is 5.64. The van der Waals surface area contributed by atoms with Crippen molar-refractivity contribution in [2.24, 2.45) is 18.0 Å². The summed E-state index contributed by atoms with van der Waals surface area (Å²) in [6, 6.07) is 0. The monoisotopic (exact) mass is 394 g/mol. The number of hydrogen-bond donors (Lipinski definition) is 1. The molecule has 0 saturated heterocycles. The maximum Gasteiger partial charge on any atom is 0.193 e. The number of nitrogens with zero attached hydrogens (tertiary/aromatic N) is 5. The van der Waals surface area contributed by atoms with Crippen LogP contribution in [0.1, 0.15) is 32.5 Å². The van der Waals surface area contributed by atoms with Crippen LogP contribution in [0.3, 0.4) is 0 Å². The summed E-state index contributed by atoms with van der Waals surface area (Å²) in [6.45, 7) is 6.10. The molecule has 0 fully saturated rings. The average Bonchev–Trinajstić information content (AvgIpc) is 2.80. The third-order valence-electron chi connectivity index (χ3n) is 3.46. The molecule has 0 atom stereocenters. The first kappa shape index (κ1) is 19.1. The van der Waals surface area contributed by atoms with E-state index in [9.17, 15) is 0 Å². The van der Waals surface area contributed by atoms with E-state index in [1.165, 1.54) is 12.8 Å². The highest BCUT2D eigenvalue weighted by atomic mass is 127. The van der Waals surface area contributed by atoms with E-state index in [-0.39, 0.29) is 24.0 Å². The Kier molecular flexibility index (Phi) is 9.52. The van der Waals surface area contributed by atoms with Gasteiger partial charge in [0.25, 0.3) is 0 Å². The number of aromatic nitrogens is 3. The maximum atomic E-state index is 4.31. The minimum absolute atomic E-state index is 0. The molecule has 0 radical (unpaired) electrons. The smallest absolute Gasteiger partial charge is 0.193 e.